The Bertz CT molecular complexity index is 599. The molecule has 2 rings (SSSR count). The number of carboxylic acid groups (broad SMARTS) is 1. The first-order valence-electron chi connectivity index (χ1n) is 9.72. The molecule has 1 heterocycles. The Morgan fingerprint density at radius 3 is 2.35 bits per heavy atom. The van der Waals surface area contributed by atoms with Crippen molar-refractivity contribution in [3.8, 4) is 0 Å². The lowest BCUT2D eigenvalue weighted by Gasteiger charge is -2.38. The number of hydrogen-bond donors (Lipinski definition) is 1. The van der Waals surface area contributed by atoms with Crippen molar-refractivity contribution in [3.05, 3.63) is 0 Å². The fraction of sp³-hybridized carbons (Fsp3) is 0.889. The summed E-state index contributed by atoms with van der Waals surface area (Å²) in [7, 11) is -3.23. The first kappa shape index (κ1) is 21.2. The third kappa shape index (κ3) is 5.67. The van der Waals surface area contributed by atoms with E-state index in [1.54, 1.807) is 6.92 Å². The van der Waals surface area contributed by atoms with E-state index in [9.17, 15) is 23.1 Å². The van der Waals surface area contributed by atoms with E-state index in [2.05, 4.69) is 6.92 Å². The number of aliphatic carboxylic acids is 1. The molecule has 150 valence electrons. The minimum Gasteiger partial charge on any atom is -0.480 e. The molecule has 1 saturated heterocycles. The molecule has 1 amide bonds. The average Bonchev–Trinajstić information content (AvgIpc) is 2.59. The highest BCUT2D eigenvalue weighted by atomic mass is 32.2. The van der Waals surface area contributed by atoms with Crippen molar-refractivity contribution < 1.29 is 23.1 Å². The predicted molar refractivity (Wildman–Crippen MR) is 99.1 cm³/mol. The van der Waals surface area contributed by atoms with Crippen LogP contribution in [-0.4, -0.2) is 66.0 Å². The average molecular weight is 389 g/mol. The predicted octanol–water partition coefficient (Wildman–Crippen LogP) is 1.93. The number of carbonyl (C=O) groups is 2. The number of sulfonamides is 1. The molecule has 1 aliphatic carbocycles. The molecular weight excluding hydrogens is 356 g/mol. The molecule has 0 radical (unpaired) electrons. The van der Waals surface area contributed by atoms with Crippen LogP contribution in [0.4, 0.5) is 0 Å². The maximum absolute atomic E-state index is 12.8. The number of rotatable bonds is 7. The van der Waals surface area contributed by atoms with Gasteiger partial charge in [0.05, 0.1) is 5.75 Å². The summed E-state index contributed by atoms with van der Waals surface area (Å²) in [5.41, 5.74) is 0. The summed E-state index contributed by atoms with van der Waals surface area (Å²) >= 11 is 0. The summed E-state index contributed by atoms with van der Waals surface area (Å²) in [6, 6.07) is -0.192. The van der Waals surface area contributed by atoms with Crippen LogP contribution >= 0.6 is 0 Å². The van der Waals surface area contributed by atoms with E-state index in [-0.39, 0.29) is 24.2 Å². The molecule has 0 aromatic carbocycles. The minimum atomic E-state index is -3.23. The molecule has 1 saturated carbocycles. The van der Waals surface area contributed by atoms with E-state index < -0.39 is 16.0 Å². The molecule has 2 unspecified atom stereocenters. The first-order valence-corrected chi connectivity index (χ1v) is 11.3. The lowest BCUT2D eigenvalue weighted by Crippen LogP contribution is -2.50. The van der Waals surface area contributed by atoms with Crippen LogP contribution in [0, 0.1) is 11.8 Å². The third-order valence-electron chi connectivity index (χ3n) is 5.76. The number of piperidine rings is 1. The Morgan fingerprint density at radius 2 is 1.81 bits per heavy atom. The van der Waals surface area contributed by atoms with Crippen LogP contribution < -0.4 is 0 Å². The smallest absolute Gasteiger partial charge is 0.323 e. The largest absolute Gasteiger partial charge is 0.480 e. The maximum atomic E-state index is 12.8. The number of carboxylic acids is 1. The summed E-state index contributed by atoms with van der Waals surface area (Å²) < 4.78 is 25.4. The molecule has 2 fully saturated rings. The van der Waals surface area contributed by atoms with Crippen molar-refractivity contribution in [2.45, 2.75) is 64.8 Å². The molecule has 7 nitrogen and oxygen atoms in total. The zero-order valence-corrected chi connectivity index (χ0v) is 16.7. The van der Waals surface area contributed by atoms with Crippen LogP contribution in [0.2, 0.25) is 0 Å². The van der Waals surface area contributed by atoms with Gasteiger partial charge in [0.2, 0.25) is 15.9 Å². The Morgan fingerprint density at radius 1 is 1.15 bits per heavy atom. The molecule has 26 heavy (non-hydrogen) atoms. The van der Waals surface area contributed by atoms with Crippen molar-refractivity contribution in [1.29, 1.82) is 0 Å². The minimum absolute atomic E-state index is 0.0648. The second-order valence-electron chi connectivity index (χ2n) is 7.79. The van der Waals surface area contributed by atoms with E-state index in [1.807, 2.05) is 0 Å². The van der Waals surface area contributed by atoms with Gasteiger partial charge in [-0.2, -0.15) is 0 Å². The molecule has 0 aromatic rings. The van der Waals surface area contributed by atoms with Gasteiger partial charge in [-0.3, -0.25) is 9.59 Å². The van der Waals surface area contributed by atoms with Crippen LogP contribution in [0.25, 0.3) is 0 Å². The van der Waals surface area contributed by atoms with Crippen molar-refractivity contribution in [2.24, 2.45) is 11.8 Å². The Kier molecular flexibility index (Phi) is 7.46. The zero-order valence-electron chi connectivity index (χ0n) is 15.9. The molecule has 1 N–H and O–H groups in total. The van der Waals surface area contributed by atoms with Crippen LogP contribution in [0.5, 0.6) is 0 Å². The van der Waals surface area contributed by atoms with Gasteiger partial charge in [0.25, 0.3) is 0 Å². The highest BCUT2D eigenvalue weighted by Crippen LogP contribution is 2.31. The van der Waals surface area contributed by atoms with Crippen LogP contribution in [-0.2, 0) is 19.6 Å². The summed E-state index contributed by atoms with van der Waals surface area (Å²) in [5.74, 6) is -0.0858. The molecule has 1 aliphatic heterocycles. The standard InChI is InChI=1S/C18H32N2O5S/c1-3-26(24,25)19-9-7-16(8-10-19)20(13-18(22)23)17(21)12-15-6-4-5-14(2)11-15/h14-16H,3-13H2,1-2H3,(H,22,23). The Balaban J connectivity index is 1.98. The molecule has 8 heteroatoms. The Labute approximate surface area is 156 Å². The highest BCUT2D eigenvalue weighted by molar-refractivity contribution is 7.89. The monoisotopic (exact) mass is 388 g/mol. The molecule has 2 atom stereocenters. The topological polar surface area (TPSA) is 95.0 Å². The van der Waals surface area contributed by atoms with E-state index >= 15 is 0 Å². The number of carbonyl (C=O) groups excluding carboxylic acids is 1. The number of amides is 1. The fourth-order valence-corrected chi connectivity index (χ4v) is 5.42. The van der Waals surface area contributed by atoms with Crippen molar-refractivity contribution >= 4 is 21.9 Å². The molecule has 0 bridgehead atoms. The van der Waals surface area contributed by atoms with E-state index in [4.69, 9.17) is 0 Å². The second-order valence-corrected chi connectivity index (χ2v) is 10.0. The second kappa shape index (κ2) is 9.17. The van der Waals surface area contributed by atoms with E-state index in [1.165, 1.54) is 15.6 Å². The van der Waals surface area contributed by atoms with Crippen molar-refractivity contribution in [3.63, 3.8) is 0 Å². The molecular formula is C18H32N2O5S. The zero-order chi connectivity index (χ0) is 19.3. The summed E-state index contributed by atoms with van der Waals surface area (Å²) in [5, 5.41) is 9.23. The van der Waals surface area contributed by atoms with Gasteiger partial charge in [0.15, 0.2) is 0 Å². The van der Waals surface area contributed by atoms with Gasteiger partial charge in [-0.15, -0.1) is 0 Å². The maximum Gasteiger partial charge on any atom is 0.323 e. The van der Waals surface area contributed by atoms with Gasteiger partial charge in [0.1, 0.15) is 6.54 Å². The third-order valence-corrected chi connectivity index (χ3v) is 7.64. The Hall–Kier alpha value is -1.15. The van der Waals surface area contributed by atoms with Gasteiger partial charge >= 0.3 is 5.97 Å². The van der Waals surface area contributed by atoms with Crippen molar-refractivity contribution in [1.82, 2.24) is 9.21 Å². The summed E-state index contributed by atoms with van der Waals surface area (Å²) in [6.07, 6.45) is 5.80. The highest BCUT2D eigenvalue weighted by Gasteiger charge is 2.33. The van der Waals surface area contributed by atoms with E-state index in [0.29, 0.717) is 44.2 Å². The molecule has 2 aliphatic rings. The van der Waals surface area contributed by atoms with Gasteiger partial charge in [-0.25, -0.2) is 12.7 Å². The van der Waals surface area contributed by atoms with Gasteiger partial charge in [-0.05, 0) is 44.4 Å². The lowest BCUT2D eigenvalue weighted by atomic mass is 9.80. The van der Waals surface area contributed by atoms with Gasteiger partial charge in [-0.1, -0.05) is 19.8 Å². The number of nitrogens with zero attached hydrogens (tertiary/aromatic N) is 2. The lowest BCUT2D eigenvalue weighted by molar-refractivity contribution is -0.147. The SMILES string of the molecule is CCS(=O)(=O)N1CCC(N(CC(=O)O)C(=O)CC2CCCC(C)C2)CC1. The first-order chi connectivity index (χ1) is 12.2. The molecule has 0 aromatic heterocycles. The van der Waals surface area contributed by atoms with Crippen LogP contribution in [0.15, 0.2) is 0 Å². The fourth-order valence-electron chi connectivity index (χ4n) is 4.29. The van der Waals surface area contributed by atoms with E-state index in [0.717, 1.165) is 19.3 Å². The summed E-state index contributed by atoms with van der Waals surface area (Å²) in [4.78, 5) is 25.6. The summed E-state index contributed by atoms with van der Waals surface area (Å²) in [6.45, 7) is 4.23. The van der Waals surface area contributed by atoms with Gasteiger partial charge < -0.3 is 10.0 Å². The molecule has 0 spiro atoms. The quantitative estimate of drug-likeness (QED) is 0.719. The van der Waals surface area contributed by atoms with Gasteiger partial charge in [0, 0.05) is 25.6 Å². The number of hydrogen-bond acceptors (Lipinski definition) is 4. The van der Waals surface area contributed by atoms with Crippen LogP contribution in [0.1, 0.15) is 58.8 Å². The van der Waals surface area contributed by atoms with Crippen molar-refractivity contribution in [2.75, 3.05) is 25.4 Å². The normalized spacial score (nSPS) is 25.8. The van der Waals surface area contributed by atoms with Crippen LogP contribution in [0.3, 0.4) is 0 Å².